The van der Waals surface area contributed by atoms with E-state index in [2.05, 4.69) is 40.9 Å². The number of thioether (sulfide) groups is 1. The first-order chi connectivity index (χ1) is 14.5. The third-order valence-corrected chi connectivity index (χ3v) is 6.82. The number of carbonyl (C=O) groups is 1. The number of amides is 1. The van der Waals surface area contributed by atoms with Crippen molar-refractivity contribution in [1.82, 2.24) is 20.1 Å². The second-order valence-electron chi connectivity index (χ2n) is 8.28. The molecule has 0 unspecified atom stereocenters. The summed E-state index contributed by atoms with van der Waals surface area (Å²) in [6, 6.07) is 8.52. The third-order valence-electron chi connectivity index (χ3n) is 5.87. The highest BCUT2D eigenvalue weighted by Crippen LogP contribution is 2.39. The fourth-order valence-electron chi connectivity index (χ4n) is 4.24. The molecule has 3 rings (SSSR count). The number of ether oxygens (including phenoxy) is 1. The van der Waals surface area contributed by atoms with Crippen molar-refractivity contribution in [2.75, 3.05) is 12.9 Å². The van der Waals surface area contributed by atoms with Crippen molar-refractivity contribution >= 4 is 17.7 Å². The van der Waals surface area contributed by atoms with E-state index in [1.165, 1.54) is 31.0 Å². The van der Waals surface area contributed by atoms with Crippen LogP contribution in [-0.2, 0) is 4.79 Å². The SMILES string of the molecule is CCC[C@H](C)NC(=O)CSc1nnc(-c2ccc(OC)cc2)n1[C@H]1CCCC[C@@H]1C. The van der Waals surface area contributed by atoms with Gasteiger partial charge in [0.15, 0.2) is 11.0 Å². The van der Waals surface area contributed by atoms with Gasteiger partial charge in [-0.2, -0.15) is 0 Å². The summed E-state index contributed by atoms with van der Waals surface area (Å²) < 4.78 is 7.57. The summed E-state index contributed by atoms with van der Waals surface area (Å²) >= 11 is 1.49. The first-order valence-corrected chi connectivity index (χ1v) is 12.0. The largest absolute Gasteiger partial charge is 0.497 e. The Kier molecular flexibility index (Phi) is 8.19. The summed E-state index contributed by atoms with van der Waals surface area (Å²) in [7, 11) is 1.67. The molecule has 0 spiro atoms. The number of carbonyl (C=O) groups excluding carboxylic acids is 1. The van der Waals surface area contributed by atoms with Crippen molar-refractivity contribution in [2.24, 2.45) is 5.92 Å². The average molecular weight is 431 g/mol. The Morgan fingerprint density at radius 2 is 2.00 bits per heavy atom. The lowest BCUT2D eigenvalue weighted by atomic mass is 9.85. The molecule has 164 valence electrons. The third kappa shape index (κ3) is 5.56. The van der Waals surface area contributed by atoms with Gasteiger partial charge in [-0.25, -0.2) is 0 Å². The maximum atomic E-state index is 12.4. The van der Waals surface area contributed by atoms with Crippen LogP contribution in [0.15, 0.2) is 29.4 Å². The second-order valence-corrected chi connectivity index (χ2v) is 9.22. The minimum atomic E-state index is 0.0539. The molecular weight excluding hydrogens is 396 g/mol. The molecule has 0 bridgehead atoms. The summed E-state index contributed by atoms with van der Waals surface area (Å²) in [5, 5.41) is 12.9. The summed E-state index contributed by atoms with van der Waals surface area (Å²) in [6.45, 7) is 6.50. The summed E-state index contributed by atoms with van der Waals surface area (Å²) in [5.74, 6) is 2.67. The first-order valence-electron chi connectivity index (χ1n) is 11.0. The van der Waals surface area contributed by atoms with Crippen molar-refractivity contribution in [2.45, 2.75) is 76.5 Å². The molecule has 0 radical (unpaired) electrons. The molecule has 1 aromatic heterocycles. The minimum Gasteiger partial charge on any atom is -0.497 e. The van der Waals surface area contributed by atoms with Gasteiger partial charge in [-0.1, -0.05) is 44.9 Å². The van der Waals surface area contributed by atoms with E-state index in [0.717, 1.165) is 41.6 Å². The van der Waals surface area contributed by atoms with E-state index in [0.29, 0.717) is 17.7 Å². The maximum absolute atomic E-state index is 12.4. The van der Waals surface area contributed by atoms with E-state index in [4.69, 9.17) is 4.74 Å². The predicted octanol–water partition coefficient (Wildman–Crippen LogP) is 5.10. The van der Waals surface area contributed by atoms with Crippen molar-refractivity contribution in [1.29, 1.82) is 0 Å². The minimum absolute atomic E-state index is 0.0539. The Bertz CT molecular complexity index is 821. The van der Waals surface area contributed by atoms with Crippen LogP contribution in [0.4, 0.5) is 0 Å². The lowest BCUT2D eigenvalue weighted by Crippen LogP contribution is -2.33. The molecule has 2 aromatic rings. The maximum Gasteiger partial charge on any atom is 0.230 e. The van der Waals surface area contributed by atoms with Gasteiger partial charge in [0.1, 0.15) is 5.75 Å². The predicted molar refractivity (Wildman–Crippen MR) is 122 cm³/mol. The Morgan fingerprint density at radius 3 is 2.67 bits per heavy atom. The van der Waals surface area contributed by atoms with Crippen LogP contribution in [-0.4, -0.2) is 39.6 Å². The molecule has 3 atom stereocenters. The van der Waals surface area contributed by atoms with Gasteiger partial charge >= 0.3 is 0 Å². The highest BCUT2D eigenvalue weighted by molar-refractivity contribution is 7.99. The van der Waals surface area contributed by atoms with Crippen LogP contribution in [0.2, 0.25) is 0 Å². The van der Waals surface area contributed by atoms with Crippen LogP contribution in [0, 0.1) is 5.92 Å². The van der Waals surface area contributed by atoms with Crippen LogP contribution in [0.25, 0.3) is 11.4 Å². The molecule has 0 saturated heterocycles. The van der Waals surface area contributed by atoms with Crippen LogP contribution in [0.5, 0.6) is 5.75 Å². The monoisotopic (exact) mass is 430 g/mol. The zero-order valence-corrected chi connectivity index (χ0v) is 19.4. The standard InChI is InChI=1S/C23H34N4O2S/c1-5-8-17(3)24-21(28)15-30-23-26-25-22(18-11-13-19(29-4)14-12-18)27(23)20-10-7-6-9-16(20)2/h11-14,16-17,20H,5-10,15H2,1-4H3,(H,24,28)/t16-,17-,20-/m0/s1. The number of hydrogen-bond acceptors (Lipinski definition) is 5. The van der Waals surface area contributed by atoms with Gasteiger partial charge in [-0.15, -0.1) is 10.2 Å². The number of aromatic nitrogens is 3. The number of nitrogens with zero attached hydrogens (tertiary/aromatic N) is 3. The van der Waals surface area contributed by atoms with Crippen molar-refractivity contribution in [3.05, 3.63) is 24.3 Å². The van der Waals surface area contributed by atoms with E-state index in [1.807, 2.05) is 24.3 Å². The van der Waals surface area contributed by atoms with Crippen LogP contribution >= 0.6 is 11.8 Å². The Balaban J connectivity index is 1.83. The van der Waals surface area contributed by atoms with E-state index in [9.17, 15) is 4.79 Å². The molecule has 1 saturated carbocycles. The summed E-state index contributed by atoms with van der Waals surface area (Å²) in [6.07, 6.45) is 6.88. The van der Waals surface area contributed by atoms with Gasteiger partial charge in [0.05, 0.1) is 12.9 Å². The normalized spacial score (nSPS) is 20.0. The number of hydrogen-bond donors (Lipinski definition) is 1. The van der Waals surface area contributed by atoms with Gasteiger partial charge in [0.2, 0.25) is 5.91 Å². The number of rotatable bonds is 9. The Hall–Kier alpha value is -2.02. The Morgan fingerprint density at radius 1 is 1.27 bits per heavy atom. The second kappa shape index (κ2) is 10.8. The molecule has 1 aromatic carbocycles. The van der Waals surface area contributed by atoms with Crippen molar-refractivity contribution < 1.29 is 9.53 Å². The number of methoxy groups -OCH3 is 1. The lowest BCUT2D eigenvalue weighted by Gasteiger charge is -2.31. The van der Waals surface area contributed by atoms with Crippen molar-refractivity contribution in [3.63, 3.8) is 0 Å². The molecule has 1 heterocycles. The number of nitrogens with one attached hydrogen (secondary N) is 1. The van der Waals surface area contributed by atoms with Crippen molar-refractivity contribution in [3.8, 4) is 17.1 Å². The zero-order valence-electron chi connectivity index (χ0n) is 18.6. The van der Waals surface area contributed by atoms with Gasteiger partial charge in [0.25, 0.3) is 0 Å². The lowest BCUT2D eigenvalue weighted by molar-refractivity contribution is -0.119. The van der Waals surface area contributed by atoms with Crippen LogP contribution in [0.1, 0.15) is 65.3 Å². The molecule has 30 heavy (non-hydrogen) atoms. The molecule has 1 aliphatic carbocycles. The molecule has 1 amide bonds. The van der Waals surface area contributed by atoms with E-state index in [-0.39, 0.29) is 11.9 Å². The average Bonchev–Trinajstić information content (AvgIpc) is 3.16. The molecule has 0 aliphatic heterocycles. The fraction of sp³-hybridized carbons (Fsp3) is 0.609. The van der Waals surface area contributed by atoms with Crippen LogP contribution < -0.4 is 10.1 Å². The highest BCUT2D eigenvalue weighted by Gasteiger charge is 2.29. The van der Waals surface area contributed by atoms with E-state index in [1.54, 1.807) is 7.11 Å². The zero-order chi connectivity index (χ0) is 21.5. The molecule has 1 N–H and O–H groups in total. The van der Waals surface area contributed by atoms with E-state index < -0.39 is 0 Å². The molecule has 1 aliphatic rings. The smallest absolute Gasteiger partial charge is 0.230 e. The van der Waals surface area contributed by atoms with Gasteiger partial charge in [-0.3, -0.25) is 9.36 Å². The first kappa shape index (κ1) is 22.7. The molecule has 6 nitrogen and oxygen atoms in total. The van der Waals surface area contributed by atoms with Gasteiger partial charge in [0, 0.05) is 17.6 Å². The topological polar surface area (TPSA) is 69.0 Å². The van der Waals surface area contributed by atoms with Gasteiger partial charge < -0.3 is 10.1 Å². The van der Waals surface area contributed by atoms with Gasteiger partial charge in [-0.05, 0) is 56.4 Å². The fourth-order valence-corrected chi connectivity index (χ4v) is 5.05. The highest BCUT2D eigenvalue weighted by atomic mass is 32.2. The summed E-state index contributed by atoms with van der Waals surface area (Å²) in [4.78, 5) is 12.4. The van der Waals surface area contributed by atoms with Crippen LogP contribution in [0.3, 0.4) is 0 Å². The Labute approximate surface area is 184 Å². The quantitative estimate of drug-likeness (QED) is 0.560. The molecule has 7 heteroatoms. The summed E-state index contributed by atoms with van der Waals surface area (Å²) in [5.41, 5.74) is 1.02. The molecule has 1 fully saturated rings. The number of benzene rings is 1. The molecular formula is C23H34N4O2S. The van der Waals surface area contributed by atoms with E-state index >= 15 is 0 Å².